The summed E-state index contributed by atoms with van der Waals surface area (Å²) in [5.41, 5.74) is 1.48. The summed E-state index contributed by atoms with van der Waals surface area (Å²) in [6, 6.07) is 9.64. The number of halogens is 1. The van der Waals surface area contributed by atoms with Crippen molar-refractivity contribution in [1.82, 2.24) is 4.98 Å². The molecular weight excluding hydrogens is 286 g/mol. The van der Waals surface area contributed by atoms with E-state index < -0.39 is 0 Å². The van der Waals surface area contributed by atoms with Gasteiger partial charge in [-0.2, -0.15) is 5.26 Å². The van der Waals surface area contributed by atoms with E-state index >= 15 is 0 Å². The van der Waals surface area contributed by atoms with Gasteiger partial charge in [-0.15, -0.1) is 0 Å². The highest BCUT2D eigenvalue weighted by Crippen LogP contribution is 2.26. The van der Waals surface area contributed by atoms with Crippen LogP contribution in [0.25, 0.3) is 10.9 Å². The summed E-state index contributed by atoms with van der Waals surface area (Å²) in [5.74, 6) is 0.908. The van der Waals surface area contributed by atoms with Crippen molar-refractivity contribution in [3.63, 3.8) is 0 Å². The summed E-state index contributed by atoms with van der Waals surface area (Å²) in [4.78, 5) is 6.93. The molecule has 1 aromatic heterocycles. The third-order valence-electron chi connectivity index (χ3n) is 3.56. The summed E-state index contributed by atoms with van der Waals surface area (Å²) in [6.07, 6.45) is 3.68. The molecule has 0 bridgehead atoms. The zero-order chi connectivity index (χ0) is 15.2. The summed E-state index contributed by atoms with van der Waals surface area (Å²) < 4.78 is 0. The molecule has 110 valence electrons. The third kappa shape index (κ3) is 3.44. The lowest BCUT2D eigenvalue weighted by Gasteiger charge is -2.28. The molecule has 4 nitrogen and oxygen atoms in total. The minimum atomic E-state index is 0.636. The zero-order valence-electron chi connectivity index (χ0n) is 12.0. The van der Waals surface area contributed by atoms with E-state index in [1.54, 1.807) is 0 Å². The molecule has 5 heteroatoms. The Bertz CT molecular complexity index is 660. The molecule has 0 spiro atoms. The first-order valence-electron chi connectivity index (χ1n) is 6.98. The standard InChI is InChI=1S/C15H14ClN3.CH4O/c16-12-4-5-14-13(9-12)11(10-17)8-15(18-14)19-6-2-1-3-7-19;1-2/h4-5,8-9H,1-3,6-7H2;2H,1H3. The van der Waals surface area contributed by atoms with Crippen molar-refractivity contribution in [1.29, 1.82) is 5.26 Å². The number of aliphatic hydroxyl groups is 1. The SMILES string of the molecule is CO.N#Cc1cc(N2CCCCC2)nc2ccc(Cl)cc12. The minimum Gasteiger partial charge on any atom is -0.400 e. The number of aliphatic hydroxyl groups excluding tert-OH is 1. The molecule has 0 unspecified atom stereocenters. The number of nitriles is 1. The number of aromatic nitrogens is 1. The molecule has 1 saturated heterocycles. The Morgan fingerprint density at radius 3 is 2.57 bits per heavy atom. The Morgan fingerprint density at radius 1 is 1.19 bits per heavy atom. The number of pyridine rings is 1. The second kappa shape index (κ2) is 7.26. The predicted molar refractivity (Wildman–Crippen MR) is 85.7 cm³/mol. The van der Waals surface area contributed by atoms with Gasteiger partial charge < -0.3 is 10.0 Å². The summed E-state index contributed by atoms with van der Waals surface area (Å²) in [5, 5.41) is 17.8. The fourth-order valence-electron chi connectivity index (χ4n) is 2.56. The third-order valence-corrected chi connectivity index (χ3v) is 3.79. The number of nitrogens with zero attached hydrogens (tertiary/aromatic N) is 3. The lowest BCUT2D eigenvalue weighted by Crippen LogP contribution is -2.30. The molecule has 1 aliphatic heterocycles. The fraction of sp³-hybridized carbons (Fsp3) is 0.375. The predicted octanol–water partition coefficient (Wildman–Crippen LogP) is 3.36. The van der Waals surface area contributed by atoms with Crippen LogP contribution in [0.1, 0.15) is 24.8 Å². The van der Waals surface area contributed by atoms with Crippen LogP contribution < -0.4 is 4.90 Å². The van der Waals surface area contributed by atoms with E-state index in [0.717, 1.165) is 36.9 Å². The van der Waals surface area contributed by atoms with Gasteiger partial charge in [0.2, 0.25) is 0 Å². The lowest BCUT2D eigenvalue weighted by molar-refractivity contribution is 0.399. The Hall–Kier alpha value is -1.83. The van der Waals surface area contributed by atoms with Crippen LogP contribution in [0.5, 0.6) is 0 Å². The van der Waals surface area contributed by atoms with Gasteiger partial charge in [-0.25, -0.2) is 4.98 Å². The van der Waals surface area contributed by atoms with Crippen molar-refractivity contribution in [2.75, 3.05) is 25.1 Å². The Kier molecular flexibility index (Phi) is 5.38. The lowest BCUT2D eigenvalue weighted by atomic mass is 10.1. The van der Waals surface area contributed by atoms with Gasteiger partial charge >= 0.3 is 0 Å². The molecule has 2 heterocycles. The number of hydrogen-bond acceptors (Lipinski definition) is 4. The quantitative estimate of drug-likeness (QED) is 0.877. The Labute approximate surface area is 129 Å². The van der Waals surface area contributed by atoms with Crippen LogP contribution in [0.15, 0.2) is 24.3 Å². The zero-order valence-corrected chi connectivity index (χ0v) is 12.8. The molecule has 1 aromatic carbocycles. The van der Waals surface area contributed by atoms with Crippen LogP contribution in [-0.4, -0.2) is 30.3 Å². The summed E-state index contributed by atoms with van der Waals surface area (Å²) >= 11 is 5.99. The average molecular weight is 304 g/mol. The van der Waals surface area contributed by atoms with Gasteiger partial charge in [0, 0.05) is 30.6 Å². The maximum absolute atomic E-state index is 9.31. The number of rotatable bonds is 1. The number of piperidine rings is 1. The minimum absolute atomic E-state index is 0.636. The average Bonchev–Trinajstić information content (AvgIpc) is 2.56. The van der Waals surface area contributed by atoms with E-state index in [0.29, 0.717) is 10.6 Å². The van der Waals surface area contributed by atoms with E-state index in [1.807, 2.05) is 24.3 Å². The first kappa shape index (κ1) is 15.6. The highest BCUT2D eigenvalue weighted by molar-refractivity contribution is 6.31. The van der Waals surface area contributed by atoms with Crippen molar-refractivity contribution in [2.24, 2.45) is 0 Å². The van der Waals surface area contributed by atoms with E-state index in [9.17, 15) is 5.26 Å². The maximum Gasteiger partial charge on any atom is 0.130 e. The molecule has 0 amide bonds. The maximum atomic E-state index is 9.31. The van der Waals surface area contributed by atoms with E-state index in [4.69, 9.17) is 16.7 Å². The smallest absolute Gasteiger partial charge is 0.130 e. The number of hydrogen-bond donors (Lipinski definition) is 1. The number of anilines is 1. The van der Waals surface area contributed by atoms with Gasteiger partial charge in [0.1, 0.15) is 5.82 Å². The van der Waals surface area contributed by atoms with Gasteiger partial charge in [-0.05, 0) is 43.5 Å². The highest BCUT2D eigenvalue weighted by Gasteiger charge is 2.14. The second-order valence-corrected chi connectivity index (χ2v) is 5.29. The molecule has 0 aliphatic carbocycles. The molecule has 2 aromatic rings. The molecule has 0 saturated carbocycles. The number of fused-ring (bicyclic) bond motifs is 1. The molecular formula is C16H18ClN3O. The van der Waals surface area contributed by atoms with Crippen LogP contribution >= 0.6 is 11.6 Å². The summed E-state index contributed by atoms with van der Waals surface area (Å²) in [7, 11) is 1.00. The van der Waals surface area contributed by atoms with Crippen molar-refractivity contribution in [3.05, 3.63) is 34.9 Å². The van der Waals surface area contributed by atoms with Gasteiger partial charge in [-0.3, -0.25) is 0 Å². The Balaban J connectivity index is 0.000000774. The van der Waals surface area contributed by atoms with E-state index in [1.165, 1.54) is 19.3 Å². The molecule has 3 rings (SSSR count). The highest BCUT2D eigenvalue weighted by atomic mass is 35.5. The van der Waals surface area contributed by atoms with Gasteiger partial charge in [0.15, 0.2) is 0 Å². The van der Waals surface area contributed by atoms with E-state index in [2.05, 4.69) is 16.0 Å². The molecule has 0 atom stereocenters. The molecule has 21 heavy (non-hydrogen) atoms. The summed E-state index contributed by atoms with van der Waals surface area (Å²) in [6.45, 7) is 2.05. The van der Waals surface area contributed by atoms with Crippen LogP contribution in [0.4, 0.5) is 5.82 Å². The van der Waals surface area contributed by atoms with Crippen LogP contribution in [0.3, 0.4) is 0 Å². The largest absolute Gasteiger partial charge is 0.400 e. The topological polar surface area (TPSA) is 60.1 Å². The van der Waals surface area contributed by atoms with Crippen molar-refractivity contribution >= 4 is 28.3 Å². The van der Waals surface area contributed by atoms with Gasteiger partial charge in [-0.1, -0.05) is 11.6 Å². The van der Waals surface area contributed by atoms with Crippen molar-refractivity contribution < 1.29 is 5.11 Å². The fourth-order valence-corrected chi connectivity index (χ4v) is 2.73. The van der Waals surface area contributed by atoms with Gasteiger partial charge in [0.05, 0.1) is 17.1 Å². The van der Waals surface area contributed by atoms with Crippen LogP contribution in [0, 0.1) is 11.3 Å². The normalized spacial score (nSPS) is 14.3. The first-order valence-corrected chi connectivity index (χ1v) is 7.36. The molecule has 0 radical (unpaired) electrons. The van der Waals surface area contributed by atoms with E-state index in [-0.39, 0.29) is 0 Å². The van der Waals surface area contributed by atoms with Gasteiger partial charge in [0.25, 0.3) is 0 Å². The Morgan fingerprint density at radius 2 is 1.90 bits per heavy atom. The second-order valence-electron chi connectivity index (χ2n) is 4.85. The molecule has 1 N–H and O–H groups in total. The number of benzene rings is 1. The molecule has 1 aliphatic rings. The molecule has 1 fully saturated rings. The monoisotopic (exact) mass is 303 g/mol. The van der Waals surface area contributed by atoms with Crippen LogP contribution in [0.2, 0.25) is 5.02 Å². The van der Waals surface area contributed by atoms with Crippen molar-refractivity contribution in [3.8, 4) is 6.07 Å². The van der Waals surface area contributed by atoms with Crippen LogP contribution in [-0.2, 0) is 0 Å². The van der Waals surface area contributed by atoms with Crippen molar-refractivity contribution in [2.45, 2.75) is 19.3 Å². The first-order chi connectivity index (χ1) is 10.3.